The second kappa shape index (κ2) is 6.08. The normalized spacial score (nSPS) is 12.4. The molecule has 2 rings (SSSR count). The number of halogens is 3. The van der Waals surface area contributed by atoms with E-state index in [9.17, 15) is 4.39 Å². The second-order valence-corrected chi connectivity index (χ2v) is 5.90. The quantitative estimate of drug-likeness (QED) is 0.762. The third kappa shape index (κ3) is 3.07. The first-order valence-corrected chi connectivity index (χ1v) is 7.21. The Bertz CT molecular complexity index is 562. The zero-order chi connectivity index (χ0) is 13.1. The topological polar surface area (TPSA) is 24.9 Å². The summed E-state index contributed by atoms with van der Waals surface area (Å²) in [6, 6.07) is 7.48. The number of rotatable bonds is 3. The molecule has 0 spiro atoms. The molecular formula is C13H11BrFIN2. The van der Waals surface area contributed by atoms with E-state index in [-0.39, 0.29) is 11.9 Å². The molecule has 1 N–H and O–H groups in total. The molecule has 18 heavy (non-hydrogen) atoms. The van der Waals surface area contributed by atoms with Crippen molar-refractivity contribution >= 4 is 38.5 Å². The molecule has 0 aliphatic rings. The van der Waals surface area contributed by atoms with Gasteiger partial charge in [0.2, 0.25) is 0 Å². The molecule has 5 heteroatoms. The molecule has 2 aromatic rings. The maximum absolute atomic E-state index is 13.3. The average Bonchev–Trinajstić information content (AvgIpc) is 2.35. The van der Waals surface area contributed by atoms with Gasteiger partial charge in [-0.15, -0.1) is 0 Å². The summed E-state index contributed by atoms with van der Waals surface area (Å²) in [7, 11) is 1.85. The van der Waals surface area contributed by atoms with Crippen molar-refractivity contribution < 1.29 is 4.39 Å². The van der Waals surface area contributed by atoms with Gasteiger partial charge in [-0.3, -0.25) is 4.98 Å². The lowest BCUT2D eigenvalue weighted by Crippen LogP contribution is -2.19. The van der Waals surface area contributed by atoms with Crippen molar-refractivity contribution in [2.24, 2.45) is 0 Å². The van der Waals surface area contributed by atoms with Crippen molar-refractivity contribution in [1.82, 2.24) is 10.3 Å². The first-order chi connectivity index (χ1) is 8.61. The van der Waals surface area contributed by atoms with Gasteiger partial charge in [0.05, 0.1) is 12.2 Å². The van der Waals surface area contributed by atoms with Gasteiger partial charge in [-0.1, -0.05) is 15.9 Å². The van der Waals surface area contributed by atoms with Gasteiger partial charge in [-0.25, -0.2) is 4.39 Å². The third-order valence-corrected chi connectivity index (χ3v) is 4.09. The van der Waals surface area contributed by atoms with Gasteiger partial charge in [-0.2, -0.15) is 0 Å². The number of nitrogens with one attached hydrogen (secondary N) is 1. The van der Waals surface area contributed by atoms with Crippen LogP contribution in [-0.2, 0) is 0 Å². The van der Waals surface area contributed by atoms with Crippen LogP contribution in [0.1, 0.15) is 17.2 Å². The second-order valence-electron chi connectivity index (χ2n) is 3.82. The van der Waals surface area contributed by atoms with Gasteiger partial charge >= 0.3 is 0 Å². The molecule has 1 atom stereocenters. The van der Waals surface area contributed by atoms with Crippen molar-refractivity contribution in [3.05, 3.63) is 61.6 Å². The first kappa shape index (κ1) is 13.9. The highest BCUT2D eigenvalue weighted by atomic mass is 127. The Morgan fingerprint density at radius 1 is 1.33 bits per heavy atom. The van der Waals surface area contributed by atoms with Crippen molar-refractivity contribution in [3.63, 3.8) is 0 Å². The monoisotopic (exact) mass is 420 g/mol. The maximum Gasteiger partial charge on any atom is 0.141 e. The van der Waals surface area contributed by atoms with E-state index in [1.807, 2.05) is 25.2 Å². The van der Waals surface area contributed by atoms with Crippen LogP contribution >= 0.6 is 38.5 Å². The standard InChI is InChI=1S/C13H11BrFIN2/c1-17-13(8-4-10(15)7-18-6-8)11-5-9(14)2-3-12(11)16/h2-7,13,17H,1H3. The highest BCUT2D eigenvalue weighted by Gasteiger charge is 2.16. The fourth-order valence-corrected chi connectivity index (χ4v) is 2.85. The largest absolute Gasteiger partial charge is 0.309 e. The zero-order valence-electron chi connectivity index (χ0n) is 9.62. The van der Waals surface area contributed by atoms with Crippen LogP contribution in [0.3, 0.4) is 0 Å². The number of benzene rings is 1. The number of pyridine rings is 1. The molecule has 0 saturated heterocycles. The van der Waals surface area contributed by atoms with E-state index in [1.54, 1.807) is 6.20 Å². The minimum Gasteiger partial charge on any atom is -0.309 e. The Hall–Kier alpha value is -0.530. The summed E-state index contributed by atoms with van der Waals surface area (Å²) in [5.41, 5.74) is 1.91. The van der Waals surface area contributed by atoms with E-state index in [4.69, 9.17) is 0 Å². The van der Waals surface area contributed by atoms with Gasteiger partial charge in [0, 0.05) is 14.2 Å². The summed E-state index contributed by atoms with van der Waals surface area (Å²) in [5.74, 6) is -0.322. The van der Waals surface area contributed by atoms with E-state index >= 15 is 0 Å². The van der Waals surface area contributed by atoms with Crippen LogP contribution in [0.5, 0.6) is 0 Å². The number of aromatic nitrogens is 1. The lowest BCUT2D eigenvalue weighted by molar-refractivity contribution is 0.608. The minimum atomic E-state index is -0.322. The van der Waals surface area contributed by atoms with Crippen LogP contribution in [0.25, 0.3) is 0 Å². The Labute approximate surface area is 127 Å². The van der Waals surface area contributed by atoms with Crippen molar-refractivity contribution in [3.8, 4) is 0 Å². The van der Waals surface area contributed by atoms with Crippen molar-refractivity contribution in [2.75, 3.05) is 7.05 Å². The fraction of sp³-hybridized carbons (Fsp3) is 0.154. The predicted octanol–water partition coefficient (Wildman–Crippen LogP) is 3.90. The molecule has 94 valence electrons. The zero-order valence-corrected chi connectivity index (χ0v) is 13.4. The minimum absolute atomic E-state index is 0.0717. The van der Waals surface area contributed by atoms with Gasteiger partial charge < -0.3 is 5.32 Å². The summed E-state index contributed by atoms with van der Waals surface area (Å²) >= 11 is 5.74. The molecule has 0 aliphatic heterocycles. The highest BCUT2D eigenvalue weighted by molar-refractivity contribution is 14.1. The van der Waals surface area contributed by atoms with Crippen LogP contribution in [0.4, 0.5) is 4.39 Å². The summed E-state index contributed by atoms with van der Waals surface area (Å²) < 4.78 is 15.4. The van der Waals surface area contributed by atoms with Gasteiger partial charge in [0.1, 0.15) is 5.82 Å². The summed E-state index contributed by atoms with van der Waals surface area (Å²) in [6.07, 6.45) is 2.89. The molecule has 0 radical (unpaired) electrons. The van der Waals surface area contributed by atoms with Crippen molar-refractivity contribution in [2.45, 2.75) is 6.04 Å². The summed E-state index contributed by atoms with van der Waals surface area (Å²) in [5, 5.41) is 3.20. The van der Waals surface area contributed by atoms with E-state index in [0.29, 0.717) is 0 Å². The maximum atomic E-state index is 13.3. The molecule has 2 nitrogen and oxygen atoms in total. The molecule has 1 aromatic heterocycles. The van der Waals surface area contributed by atoms with E-state index in [2.05, 4.69) is 48.8 Å². The fourth-order valence-electron chi connectivity index (χ4n) is 1.82. The van der Waals surface area contributed by atoms with E-state index in [0.717, 1.165) is 19.2 Å². The molecule has 1 heterocycles. The molecule has 0 saturated carbocycles. The number of hydrogen-bond acceptors (Lipinski definition) is 2. The predicted molar refractivity (Wildman–Crippen MR) is 82.0 cm³/mol. The van der Waals surface area contributed by atoms with Crippen molar-refractivity contribution in [1.29, 1.82) is 0 Å². The highest BCUT2D eigenvalue weighted by Crippen LogP contribution is 2.28. The molecule has 1 aromatic carbocycles. The number of nitrogens with zero attached hydrogens (tertiary/aromatic N) is 1. The smallest absolute Gasteiger partial charge is 0.141 e. The Kier molecular flexibility index (Phi) is 4.69. The molecular weight excluding hydrogens is 410 g/mol. The molecule has 0 amide bonds. The van der Waals surface area contributed by atoms with Gasteiger partial charge in [0.25, 0.3) is 0 Å². The lowest BCUT2D eigenvalue weighted by Gasteiger charge is -2.18. The summed E-state index contributed by atoms with van der Waals surface area (Å²) in [4.78, 5) is 3.90. The SMILES string of the molecule is CNC(c1cncc(F)c1)c1cc(Br)ccc1I. The Balaban J connectivity index is 2.48. The third-order valence-electron chi connectivity index (χ3n) is 2.62. The Morgan fingerprint density at radius 2 is 2.11 bits per heavy atom. The van der Waals surface area contributed by atoms with Gasteiger partial charge in [0.15, 0.2) is 0 Å². The summed E-state index contributed by atoms with van der Waals surface area (Å²) in [6.45, 7) is 0. The van der Waals surface area contributed by atoms with Crippen LogP contribution in [0.15, 0.2) is 41.1 Å². The van der Waals surface area contributed by atoms with Crippen LogP contribution in [0, 0.1) is 9.39 Å². The van der Waals surface area contributed by atoms with Gasteiger partial charge in [-0.05, 0) is 65.0 Å². The van der Waals surface area contributed by atoms with Crippen LogP contribution < -0.4 is 5.32 Å². The first-order valence-electron chi connectivity index (χ1n) is 5.34. The number of hydrogen-bond donors (Lipinski definition) is 1. The lowest BCUT2D eigenvalue weighted by atomic mass is 10.0. The van der Waals surface area contributed by atoms with E-state index in [1.165, 1.54) is 12.3 Å². The molecule has 0 fully saturated rings. The van der Waals surface area contributed by atoms with E-state index < -0.39 is 0 Å². The average molecular weight is 421 g/mol. The molecule has 0 bridgehead atoms. The molecule has 0 aliphatic carbocycles. The molecule has 1 unspecified atom stereocenters. The van der Waals surface area contributed by atoms with Crippen LogP contribution in [-0.4, -0.2) is 12.0 Å². The van der Waals surface area contributed by atoms with Crippen LogP contribution in [0.2, 0.25) is 0 Å². The Morgan fingerprint density at radius 3 is 2.78 bits per heavy atom.